The SMILES string of the molecule is CC(=O)c1ccc(C#CCCCl)cc1C. The van der Waals surface area contributed by atoms with Gasteiger partial charge in [-0.3, -0.25) is 4.79 Å². The van der Waals surface area contributed by atoms with Gasteiger partial charge in [0.15, 0.2) is 5.78 Å². The maximum atomic E-state index is 11.2. The molecule has 2 heteroatoms. The lowest BCUT2D eigenvalue weighted by Gasteiger charge is -2.01. The van der Waals surface area contributed by atoms with Crippen LogP contribution in [0.2, 0.25) is 0 Å². The average Bonchev–Trinajstić information content (AvgIpc) is 2.17. The molecule has 0 spiro atoms. The van der Waals surface area contributed by atoms with Crippen LogP contribution in [-0.2, 0) is 0 Å². The van der Waals surface area contributed by atoms with Gasteiger partial charge < -0.3 is 0 Å². The zero-order valence-corrected chi connectivity index (χ0v) is 9.69. The quantitative estimate of drug-likeness (QED) is 0.425. The van der Waals surface area contributed by atoms with Crippen LogP contribution < -0.4 is 0 Å². The minimum atomic E-state index is 0.0905. The fourth-order valence-electron chi connectivity index (χ4n) is 1.35. The molecule has 0 fully saturated rings. The molecule has 0 heterocycles. The van der Waals surface area contributed by atoms with Crippen LogP contribution in [0.4, 0.5) is 0 Å². The third-order valence-corrected chi connectivity index (χ3v) is 2.25. The van der Waals surface area contributed by atoms with E-state index in [1.54, 1.807) is 6.92 Å². The number of Topliss-reactive ketones (excluding diaryl/α,β-unsaturated/α-hetero) is 1. The molecule has 1 rings (SSSR count). The van der Waals surface area contributed by atoms with E-state index in [-0.39, 0.29) is 5.78 Å². The standard InChI is InChI=1S/C13H13ClO/c1-10-9-12(5-3-4-8-14)6-7-13(10)11(2)15/h6-7,9H,4,8H2,1-2H3. The van der Waals surface area contributed by atoms with Crippen molar-refractivity contribution in [1.29, 1.82) is 0 Å². The van der Waals surface area contributed by atoms with Crippen molar-refractivity contribution in [2.75, 3.05) is 5.88 Å². The summed E-state index contributed by atoms with van der Waals surface area (Å²) in [5.41, 5.74) is 2.67. The number of hydrogen-bond acceptors (Lipinski definition) is 1. The van der Waals surface area contributed by atoms with Crippen molar-refractivity contribution in [1.82, 2.24) is 0 Å². The van der Waals surface area contributed by atoms with Gasteiger partial charge in [-0.15, -0.1) is 11.6 Å². The molecule has 15 heavy (non-hydrogen) atoms. The smallest absolute Gasteiger partial charge is 0.160 e. The second kappa shape index (κ2) is 5.58. The van der Waals surface area contributed by atoms with E-state index in [0.717, 1.165) is 16.7 Å². The lowest BCUT2D eigenvalue weighted by atomic mass is 10.0. The van der Waals surface area contributed by atoms with E-state index in [9.17, 15) is 4.79 Å². The van der Waals surface area contributed by atoms with E-state index in [0.29, 0.717) is 12.3 Å². The molecule has 78 valence electrons. The second-order valence-electron chi connectivity index (χ2n) is 3.33. The van der Waals surface area contributed by atoms with E-state index >= 15 is 0 Å². The van der Waals surface area contributed by atoms with Crippen LogP contribution in [0.5, 0.6) is 0 Å². The molecule has 0 bridgehead atoms. The molecule has 0 aliphatic rings. The van der Waals surface area contributed by atoms with Crippen LogP contribution in [0.3, 0.4) is 0 Å². The first kappa shape index (κ1) is 11.8. The Balaban J connectivity index is 2.93. The minimum Gasteiger partial charge on any atom is -0.295 e. The van der Waals surface area contributed by atoms with Gasteiger partial charge in [0.05, 0.1) is 0 Å². The van der Waals surface area contributed by atoms with Crippen LogP contribution in [0.25, 0.3) is 0 Å². The first-order valence-corrected chi connectivity index (χ1v) is 5.35. The molecule has 0 saturated carbocycles. The van der Waals surface area contributed by atoms with Gasteiger partial charge in [0.25, 0.3) is 0 Å². The van der Waals surface area contributed by atoms with Crippen molar-refractivity contribution < 1.29 is 4.79 Å². The van der Waals surface area contributed by atoms with Gasteiger partial charge in [0, 0.05) is 23.4 Å². The van der Waals surface area contributed by atoms with E-state index in [1.165, 1.54) is 0 Å². The summed E-state index contributed by atoms with van der Waals surface area (Å²) in [5.74, 6) is 6.61. The Morgan fingerprint density at radius 1 is 1.47 bits per heavy atom. The summed E-state index contributed by atoms with van der Waals surface area (Å²) < 4.78 is 0. The summed E-state index contributed by atoms with van der Waals surface area (Å²) in [6.07, 6.45) is 0.690. The molecule has 1 nitrogen and oxygen atoms in total. The van der Waals surface area contributed by atoms with Crippen LogP contribution in [0, 0.1) is 18.8 Å². The molecule has 0 aromatic heterocycles. The first-order valence-electron chi connectivity index (χ1n) is 4.81. The molecule has 0 amide bonds. The summed E-state index contributed by atoms with van der Waals surface area (Å²) >= 11 is 5.52. The van der Waals surface area contributed by atoms with Crippen LogP contribution in [0.1, 0.15) is 34.8 Å². The lowest BCUT2D eigenvalue weighted by Crippen LogP contribution is -1.95. The molecule has 0 radical (unpaired) electrons. The number of ketones is 1. The summed E-state index contributed by atoms with van der Waals surface area (Å²) in [6, 6.07) is 5.62. The van der Waals surface area contributed by atoms with Crippen molar-refractivity contribution in [3.05, 3.63) is 34.9 Å². The van der Waals surface area contributed by atoms with E-state index in [4.69, 9.17) is 11.6 Å². The van der Waals surface area contributed by atoms with Crippen LogP contribution >= 0.6 is 11.6 Å². The van der Waals surface area contributed by atoms with Gasteiger partial charge in [0.1, 0.15) is 0 Å². The topological polar surface area (TPSA) is 17.1 Å². The Labute approximate surface area is 95.5 Å². The number of carbonyl (C=O) groups excluding carboxylic acids is 1. The molecular formula is C13H13ClO. The van der Waals surface area contributed by atoms with Crippen LogP contribution in [0.15, 0.2) is 18.2 Å². The normalized spacial score (nSPS) is 9.27. The predicted molar refractivity (Wildman–Crippen MR) is 63.4 cm³/mol. The van der Waals surface area contributed by atoms with E-state index in [2.05, 4.69) is 11.8 Å². The molecule has 0 unspecified atom stereocenters. The maximum absolute atomic E-state index is 11.2. The highest BCUT2D eigenvalue weighted by atomic mass is 35.5. The van der Waals surface area contributed by atoms with Gasteiger partial charge in [0.2, 0.25) is 0 Å². The van der Waals surface area contributed by atoms with Gasteiger partial charge in [-0.05, 0) is 37.6 Å². The van der Waals surface area contributed by atoms with Crippen molar-refractivity contribution in [3.8, 4) is 11.8 Å². The van der Waals surface area contributed by atoms with Crippen molar-refractivity contribution in [2.45, 2.75) is 20.3 Å². The summed E-state index contributed by atoms with van der Waals surface area (Å²) in [5, 5.41) is 0. The average molecular weight is 221 g/mol. The Morgan fingerprint density at radius 3 is 2.73 bits per heavy atom. The molecular weight excluding hydrogens is 208 g/mol. The summed E-state index contributed by atoms with van der Waals surface area (Å²) in [7, 11) is 0. The Hall–Kier alpha value is -1.26. The lowest BCUT2D eigenvalue weighted by molar-refractivity contribution is 0.101. The number of rotatable bonds is 2. The molecule has 0 N–H and O–H groups in total. The fourth-order valence-corrected chi connectivity index (χ4v) is 1.44. The maximum Gasteiger partial charge on any atom is 0.160 e. The third-order valence-electron chi connectivity index (χ3n) is 2.06. The van der Waals surface area contributed by atoms with Gasteiger partial charge >= 0.3 is 0 Å². The molecule has 1 aromatic carbocycles. The third kappa shape index (κ3) is 3.42. The Morgan fingerprint density at radius 2 is 2.20 bits per heavy atom. The highest BCUT2D eigenvalue weighted by molar-refractivity contribution is 6.18. The summed E-state index contributed by atoms with van der Waals surface area (Å²) in [6.45, 7) is 3.49. The van der Waals surface area contributed by atoms with Crippen molar-refractivity contribution in [2.24, 2.45) is 0 Å². The van der Waals surface area contributed by atoms with E-state index < -0.39 is 0 Å². The van der Waals surface area contributed by atoms with Gasteiger partial charge in [-0.1, -0.05) is 11.8 Å². The largest absolute Gasteiger partial charge is 0.295 e. The second-order valence-corrected chi connectivity index (χ2v) is 3.70. The first-order chi connectivity index (χ1) is 7.15. The number of halogens is 1. The van der Waals surface area contributed by atoms with Gasteiger partial charge in [-0.2, -0.15) is 0 Å². The number of benzene rings is 1. The number of carbonyl (C=O) groups is 1. The number of alkyl halides is 1. The van der Waals surface area contributed by atoms with Crippen LogP contribution in [-0.4, -0.2) is 11.7 Å². The highest BCUT2D eigenvalue weighted by Gasteiger charge is 2.02. The predicted octanol–water partition coefficient (Wildman–Crippen LogP) is 3.18. The summed E-state index contributed by atoms with van der Waals surface area (Å²) in [4.78, 5) is 11.2. The van der Waals surface area contributed by atoms with Crippen molar-refractivity contribution in [3.63, 3.8) is 0 Å². The number of hydrogen-bond donors (Lipinski definition) is 0. The van der Waals surface area contributed by atoms with E-state index in [1.807, 2.05) is 25.1 Å². The molecule has 0 aliphatic carbocycles. The minimum absolute atomic E-state index is 0.0905. The molecule has 0 saturated heterocycles. The Bertz CT molecular complexity index is 424. The molecule has 0 atom stereocenters. The highest BCUT2D eigenvalue weighted by Crippen LogP contribution is 2.11. The molecule has 1 aromatic rings. The van der Waals surface area contributed by atoms with Crippen molar-refractivity contribution >= 4 is 17.4 Å². The molecule has 0 aliphatic heterocycles. The van der Waals surface area contributed by atoms with Gasteiger partial charge in [-0.25, -0.2) is 0 Å². The zero-order chi connectivity index (χ0) is 11.3. The monoisotopic (exact) mass is 220 g/mol. The zero-order valence-electron chi connectivity index (χ0n) is 8.93. The number of aryl methyl sites for hydroxylation is 1. The fraction of sp³-hybridized carbons (Fsp3) is 0.308. The Kier molecular flexibility index (Phi) is 4.39.